The van der Waals surface area contributed by atoms with Gasteiger partial charge in [0.15, 0.2) is 17.3 Å². The number of aliphatic hydroxyl groups is 1. The number of rotatable bonds is 6. The Morgan fingerprint density at radius 1 is 1.21 bits per heavy atom. The molecule has 34 heavy (non-hydrogen) atoms. The lowest BCUT2D eigenvalue weighted by Crippen LogP contribution is -2.53. The summed E-state index contributed by atoms with van der Waals surface area (Å²) < 4.78 is 16.8. The average Bonchev–Trinajstić information content (AvgIpc) is 3.14. The number of carbonyl (C=O) groups is 2. The lowest BCUT2D eigenvalue weighted by Gasteiger charge is -2.37. The van der Waals surface area contributed by atoms with E-state index in [1.807, 2.05) is 30.3 Å². The van der Waals surface area contributed by atoms with E-state index >= 15 is 0 Å². The lowest BCUT2D eigenvalue weighted by molar-refractivity contribution is -0.118. The molecule has 1 N–H and O–H groups in total. The quantitative estimate of drug-likeness (QED) is 0.593. The van der Waals surface area contributed by atoms with Crippen molar-refractivity contribution < 1.29 is 28.9 Å². The second-order valence-corrected chi connectivity index (χ2v) is 8.80. The number of carbonyl (C=O) groups excluding carboxylic acids is 2. The molecular weight excluding hydrogens is 458 g/mol. The van der Waals surface area contributed by atoms with Crippen LogP contribution in [0.5, 0.6) is 17.2 Å². The van der Waals surface area contributed by atoms with Crippen LogP contribution >= 0.6 is 11.6 Å². The zero-order chi connectivity index (χ0) is 24.6. The van der Waals surface area contributed by atoms with Gasteiger partial charge in [0.25, 0.3) is 0 Å². The van der Waals surface area contributed by atoms with Crippen molar-refractivity contribution in [3.05, 3.63) is 63.9 Å². The van der Waals surface area contributed by atoms with Crippen LogP contribution in [0.25, 0.3) is 0 Å². The molecule has 2 aromatic carbocycles. The van der Waals surface area contributed by atoms with Crippen molar-refractivity contribution in [1.82, 2.24) is 0 Å². The Hall–Kier alpha value is -3.32. The summed E-state index contributed by atoms with van der Waals surface area (Å²) in [6, 6.07) is 11.3. The molecule has 0 saturated carbocycles. The first-order valence-corrected chi connectivity index (χ1v) is 11.3. The Bertz CT molecular complexity index is 1220. The molecule has 0 unspecified atom stereocenters. The van der Waals surface area contributed by atoms with Gasteiger partial charge in [0.1, 0.15) is 22.1 Å². The van der Waals surface area contributed by atoms with Crippen molar-refractivity contribution in [1.29, 1.82) is 0 Å². The van der Waals surface area contributed by atoms with Gasteiger partial charge in [-0.2, -0.15) is 0 Å². The standard InChI is InChI=1S/C26H26ClNO6/c1-14-12-17(29)20(15(2)28-11-10-16-8-6-5-7-9-16)24(30)26(14)25(31)21-18(32-3)13-19(33-4)22(27)23(21)34-26/h5-9,13-14,30H,10-12H2,1-4H3/t14-,26+/m1/s1. The first-order chi connectivity index (χ1) is 16.3. The summed E-state index contributed by atoms with van der Waals surface area (Å²) in [5, 5.41) is 11.5. The lowest BCUT2D eigenvalue weighted by atomic mass is 9.72. The molecule has 0 saturated heterocycles. The number of hydrogen-bond acceptors (Lipinski definition) is 7. The van der Waals surface area contributed by atoms with E-state index < -0.39 is 23.1 Å². The highest BCUT2D eigenvalue weighted by molar-refractivity contribution is 6.35. The third kappa shape index (κ3) is 3.64. The number of fused-ring (bicyclic) bond motifs is 1. The summed E-state index contributed by atoms with van der Waals surface area (Å²) in [6.45, 7) is 3.77. The van der Waals surface area contributed by atoms with Gasteiger partial charge in [-0.1, -0.05) is 48.9 Å². The summed E-state index contributed by atoms with van der Waals surface area (Å²) >= 11 is 6.45. The topological polar surface area (TPSA) is 94.4 Å². The highest BCUT2D eigenvalue weighted by Crippen LogP contribution is 2.54. The summed E-state index contributed by atoms with van der Waals surface area (Å²) in [4.78, 5) is 31.2. The van der Waals surface area contributed by atoms with Crippen LogP contribution < -0.4 is 14.2 Å². The molecule has 0 aromatic heterocycles. The van der Waals surface area contributed by atoms with Gasteiger partial charge in [-0.05, 0) is 18.9 Å². The molecule has 1 aliphatic heterocycles. The van der Waals surface area contributed by atoms with Gasteiger partial charge in [-0.25, -0.2) is 0 Å². The summed E-state index contributed by atoms with van der Waals surface area (Å²) in [7, 11) is 2.85. The number of methoxy groups -OCH3 is 2. The van der Waals surface area contributed by atoms with E-state index in [2.05, 4.69) is 4.99 Å². The number of nitrogens with zero attached hydrogens (tertiary/aromatic N) is 1. The number of aliphatic hydroxyl groups excluding tert-OH is 1. The summed E-state index contributed by atoms with van der Waals surface area (Å²) in [5.74, 6) is -1.36. The fraction of sp³-hybridized carbons (Fsp3) is 0.346. The van der Waals surface area contributed by atoms with E-state index in [-0.39, 0.29) is 45.6 Å². The minimum Gasteiger partial charge on any atom is -0.507 e. The van der Waals surface area contributed by atoms with Crippen LogP contribution in [0.3, 0.4) is 0 Å². The molecule has 178 valence electrons. The van der Waals surface area contributed by atoms with Crippen molar-refractivity contribution in [2.75, 3.05) is 20.8 Å². The number of allylic oxidation sites excluding steroid dienone is 1. The number of ether oxygens (including phenoxy) is 3. The van der Waals surface area contributed by atoms with Crippen LogP contribution in [0.15, 0.2) is 52.7 Å². The molecule has 2 aromatic rings. The zero-order valence-corrected chi connectivity index (χ0v) is 20.2. The Morgan fingerprint density at radius 3 is 2.53 bits per heavy atom. The summed E-state index contributed by atoms with van der Waals surface area (Å²) in [5.41, 5.74) is -0.218. The number of aliphatic imine (C=N–C) groups is 1. The van der Waals surface area contributed by atoms with Gasteiger partial charge < -0.3 is 19.3 Å². The van der Waals surface area contributed by atoms with E-state index in [1.165, 1.54) is 20.3 Å². The molecule has 1 heterocycles. The molecule has 0 radical (unpaired) electrons. The Kier molecular flexibility index (Phi) is 6.41. The predicted molar refractivity (Wildman–Crippen MR) is 129 cm³/mol. The van der Waals surface area contributed by atoms with Gasteiger partial charge in [-0.3, -0.25) is 14.6 Å². The monoisotopic (exact) mass is 483 g/mol. The molecule has 0 bridgehead atoms. The Morgan fingerprint density at radius 2 is 1.88 bits per heavy atom. The van der Waals surface area contributed by atoms with Crippen molar-refractivity contribution >= 4 is 28.9 Å². The van der Waals surface area contributed by atoms with E-state index in [1.54, 1.807) is 13.8 Å². The van der Waals surface area contributed by atoms with Crippen LogP contribution in [-0.2, 0) is 11.2 Å². The molecule has 0 amide bonds. The maximum Gasteiger partial charge on any atom is 0.231 e. The van der Waals surface area contributed by atoms with Gasteiger partial charge in [0.05, 0.1) is 19.8 Å². The molecular formula is C26H26ClNO6. The highest BCUT2D eigenvalue weighted by Gasteiger charge is 2.61. The maximum absolute atomic E-state index is 13.8. The SMILES string of the molecule is COc1cc(OC)c2c(c1Cl)O[C@]1(C2=O)C(O)=C(C(C)=NCCc2ccccc2)C(=O)C[C@H]1C. The van der Waals surface area contributed by atoms with Crippen LogP contribution in [0, 0.1) is 5.92 Å². The predicted octanol–water partition coefficient (Wildman–Crippen LogP) is 4.80. The molecule has 4 rings (SSSR count). The minimum absolute atomic E-state index is 0.00172. The summed E-state index contributed by atoms with van der Waals surface area (Å²) in [6.07, 6.45) is 0.678. The third-order valence-electron chi connectivity index (χ3n) is 6.43. The van der Waals surface area contributed by atoms with Crippen molar-refractivity contribution in [3.63, 3.8) is 0 Å². The first-order valence-electron chi connectivity index (χ1n) is 11.0. The number of ketones is 2. The first kappa shape index (κ1) is 23.8. The van der Waals surface area contributed by atoms with Crippen molar-refractivity contribution in [3.8, 4) is 17.2 Å². The number of hydrogen-bond donors (Lipinski definition) is 1. The van der Waals surface area contributed by atoms with E-state index in [9.17, 15) is 14.7 Å². The fourth-order valence-corrected chi connectivity index (χ4v) is 4.87. The number of Topliss-reactive ketones (excluding diaryl/α,β-unsaturated/α-hetero) is 2. The Labute approximate surface area is 203 Å². The van der Waals surface area contributed by atoms with Crippen LogP contribution in [0.2, 0.25) is 5.02 Å². The third-order valence-corrected chi connectivity index (χ3v) is 6.78. The van der Waals surface area contributed by atoms with E-state index in [4.69, 9.17) is 25.8 Å². The highest BCUT2D eigenvalue weighted by atomic mass is 35.5. The molecule has 7 nitrogen and oxygen atoms in total. The van der Waals surface area contributed by atoms with Crippen LogP contribution in [0.4, 0.5) is 0 Å². The second-order valence-electron chi connectivity index (χ2n) is 8.42. The molecule has 2 atom stereocenters. The minimum atomic E-state index is -1.80. The van der Waals surface area contributed by atoms with Crippen molar-refractivity contribution in [2.45, 2.75) is 32.3 Å². The number of halogens is 1. The van der Waals surface area contributed by atoms with Gasteiger partial charge in [-0.15, -0.1) is 0 Å². The molecule has 8 heteroatoms. The average molecular weight is 484 g/mol. The molecule has 1 aliphatic carbocycles. The van der Waals surface area contributed by atoms with E-state index in [0.717, 1.165) is 5.56 Å². The van der Waals surface area contributed by atoms with Crippen LogP contribution in [-0.4, -0.2) is 48.8 Å². The van der Waals surface area contributed by atoms with Gasteiger partial charge in [0.2, 0.25) is 11.4 Å². The smallest absolute Gasteiger partial charge is 0.231 e. The zero-order valence-electron chi connectivity index (χ0n) is 19.5. The maximum atomic E-state index is 13.8. The van der Waals surface area contributed by atoms with Gasteiger partial charge in [0, 0.05) is 30.7 Å². The molecule has 2 aliphatic rings. The van der Waals surface area contributed by atoms with Gasteiger partial charge >= 0.3 is 0 Å². The molecule has 1 spiro atoms. The Balaban J connectivity index is 1.77. The van der Waals surface area contributed by atoms with Crippen molar-refractivity contribution in [2.24, 2.45) is 10.9 Å². The normalized spacial score (nSPS) is 22.1. The van der Waals surface area contributed by atoms with Crippen LogP contribution in [0.1, 0.15) is 36.2 Å². The number of benzene rings is 2. The molecule has 0 fully saturated rings. The largest absolute Gasteiger partial charge is 0.507 e. The fourth-order valence-electron chi connectivity index (χ4n) is 4.61. The second kappa shape index (κ2) is 9.14. The van der Waals surface area contributed by atoms with E-state index in [0.29, 0.717) is 18.7 Å².